The van der Waals surface area contributed by atoms with Crippen LogP contribution >= 0.6 is 0 Å². The van der Waals surface area contributed by atoms with Crippen LogP contribution in [0.1, 0.15) is 40.0 Å². The highest BCUT2D eigenvalue weighted by molar-refractivity contribution is 4.79. The predicted octanol–water partition coefficient (Wildman–Crippen LogP) is 1.88. The number of likely N-dealkylation sites (tertiary alicyclic amines) is 1. The van der Waals surface area contributed by atoms with Crippen LogP contribution in [0.4, 0.5) is 0 Å². The maximum absolute atomic E-state index is 5.67. The number of nitrogens with one attached hydrogen (secondary N) is 1. The van der Waals surface area contributed by atoms with Crippen LogP contribution in [-0.2, 0) is 4.74 Å². The molecule has 1 saturated heterocycles. The first-order chi connectivity index (χ1) is 7.55. The lowest BCUT2D eigenvalue weighted by atomic mass is 10.0. The molecule has 1 unspecified atom stereocenters. The summed E-state index contributed by atoms with van der Waals surface area (Å²) in [5.41, 5.74) is -0.0397. The second-order valence-electron chi connectivity index (χ2n) is 5.45. The summed E-state index contributed by atoms with van der Waals surface area (Å²) in [4.78, 5) is 2.48. The molecule has 0 aromatic heterocycles. The van der Waals surface area contributed by atoms with Crippen molar-refractivity contribution in [2.45, 2.75) is 51.7 Å². The van der Waals surface area contributed by atoms with Crippen LogP contribution < -0.4 is 5.32 Å². The minimum atomic E-state index is -0.0397. The van der Waals surface area contributed by atoms with Gasteiger partial charge in [-0.3, -0.25) is 0 Å². The van der Waals surface area contributed by atoms with Crippen molar-refractivity contribution in [3.05, 3.63) is 0 Å². The summed E-state index contributed by atoms with van der Waals surface area (Å²) in [6.07, 6.45) is 4.07. The molecule has 0 amide bonds. The molecule has 16 heavy (non-hydrogen) atoms. The van der Waals surface area contributed by atoms with Crippen molar-refractivity contribution < 1.29 is 4.74 Å². The lowest BCUT2D eigenvalue weighted by molar-refractivity contribution is -0.00992. The fraction of sp³-hybridized carbons (Fsp3) is 1.00. The van der Waals surface area contributed by atoms with Crippen LogP contribution in [0.2, 0.25) is 0 Å². The molecule has 1 N–H and O–H groups in total. The molecular weight excluding hydrogens is 200 g/mol. The number of hydrogen-bond donors (Lipinski definition) is 1. The Morgan fingerprint density at radius 3 is 2.75 bits per heavy atom. The molecule has 0 aromatic carbocycles. The molecule has 3 heteroatoms. The molecule has 0 spiro atoms. The Morgan fingerprint density at radius 2 is 2.12 bits per heavy atom. The largest absolute Gasteiger partial charge is 0.375 e. The van der Waals surface area contributed by atoms with E-state index in [2.05, 4.69) is 38.0 Å². The van der Waals surface area contributed by atoms with Crippen molar-refractivity contribution in [1.29, 1.82) is 0 Å². The fourth-order valence-electron chi connectivity index (χ4n) is 2.38. The molecule has 96 valence electrons. The van der Waals surface area contributed by atoms with Crippen LogP contribution in [0.5, 0.6) is 0 Å². The number of rotatable bonds is 6. The smallest absolute Gasteiger partial charge is 0.0750 e. The van der Waals surface area contributed by atoms with Crippen LogP contribution in [0.15, 0.2) is 0 Å². The minimum Gasteiger partial charge on any atom is -0.375 e. The number of ether oxygens (including phenoxy) is 1. The third kappa shape index (κ3) is 4.81. The Bertz CT molecular complexity index is 194. The van der Waals surface area contributed by atoms with Gasteiger partial charge in [0.1, 0.15) is 0 Å². The Morgan fingerprint density at radius 1 is 1.38 bits per heavy atom. The van der Waals surface area contributed by atoms with Crippen LogP contribution in [0, 0.1) is 0 Å². The van der Waals surface area contributed by atoms with Crippen LogP contribution in [-0.4, -0.2) is 49.8 Å². The lowest BCUT2D eigenvalue weighted by Crippen LogP contribution is -2.46. The Balaban J connectivity index is 2.18. The van der Waals surface area contributed by atoms with E-state index in [4.69, 9.17) is 4.74 Å². The SMILES string of the molecule is CCOC(C)(C)CNCC1CCCCN1C. The molecule has 1 rings (SSSR count). The maximum Gasteiger partial charge on any atom is 0.0750 e. The molecule has 0 radical (unpaired) electrons. The third-order valence-corrected chi connectivity index (χ3v) is 3.39. The molecule has 0 aromatic rings. The zero-order chi connectivity index (χ0) is 12.0. The monoisotopic (exact) mass is 228 g/mol. The van der Waals surface area contributed by atoms with E-state index in [1.165, 1.54) is 25.8 Å². The molecule has 0 aliphatic carbocycles. The zero-order valence-corrected chi connectivity index (χ0v) is 11.4. The van der Waals surface area contributed by atoms with Crippen LogP contribution in [0.3, 0.4) is 0 Å². The molecule has 1 aliphatic rings. The summed E-state index contributed by atoms with van der Waals surface area (Å²) in [6.45, 7) is 10.4. The molecular formula is C13H28N2O. The summed E-state index contributed by atoms with van der Waals surface area (Å²) < 4.78 is 5.67. The standard InChI is InChI=1S/C13H28N2O/c1-5-16-13(2,3)11-14-10-12-8-6-7-9-15(12)4/h12,14H,5-11H2,1-4H3. The highest BCUT2D eigenvalue weighted by Crippen LogP contribution is 2.14. The van der Waals surface area contributed by atoms with E-state index in [9.17, 15) is 0 Å². The van der Waals surface area contributed by atoms with Crippen molar-refractivity contribution >= 4 is 0 Å². The van der Waals surface area contributed by atoms with E-state index in [1.54, 1.807) is 0 Å². The summed E-state index contributed by atoms with van der Waals surface area (Å²) in [6, 6.07) is 0.714. The Hall–Kier alpha value is -0.120. The van der Waals surface area contributed by atoms with Gasteiger partial charge in [-0.1, -0.05) is 6.42 Å². The van der Waals surface area contributed by atoms with Gasteiger partial charge >= 0.3 is 0 Å². The van der Waals surface area contributed by atoms with Gasteiger partial charge in [-0.2, -0.15) is 0 Å². The van der Waals surface area contributed by atoms with Crippen molar-refractivity contribution in [3.63, 3.8) is 0 Å². The molecule has 1 heterocycles. The first kappa shape index (κ1) is 13.9. The first-order valence-corrected chi connectivity index (χ1v) is 6.60. The third-order valence-electron chi connectivity index (χ3n) is 3.39. The van der Waals surface area contributed by atoms with Crippen LogP contribution in [0.25, 0.3) is 0 Å². The van der Waals surface area contributed by atoms with Gasteiger partial charge in [-0.15, -0.1) is 0 Å². The Labute approximate surface area is 101 Å². The van der Waals surface area contributed by atoms with Crippen molar-refractivity contribution in [2.75, 3.05) is 33.3 Å². The molecule has 1 aliphatic heterocycles. The predicted molar refractivity (Wildman–Crippen MR) is 68.8 cm³/mol. The summed E-state index contributed by atoms with van der Waals surface area (Å²) in [5.74, 6) is 0. The average Bonchev–Trinajstić information content (AvgIpc) is 2.20. The maximum atomic E-state index is 5.67. The minimum absolute atomic E-state index is 0.0397. The van der Waals surface area contributed by atoms with Crippen molar-refractivity contribution in [2.24, 2.45) is 0 Å². The quantitative estimate of drug-likeness (QED) is 0.751. The summed E-state index contributed by atoms with van der Waals surface area (Å²) >= 11 is 0. The van der Waals surface area contributed by atoms with Gasteiger partial charge in [0.2, 0.25) is 0 Å². The highest BCUT2D eigenvalue weighted by Gasteiger charge is 2.21. The van der Waals surface area contributed by atoms with Crippen molar-refractivity contribution in [3.8, 4) is 0 Å². The molecule has 3 nitrogen and oxygen atoms in total. The van der Waals surface area contributed by atoms with E-state index in [0.29, 0.717) is 6.04 Å². The zero-order valence-electron chi connectivity index (χ0n) is 11.4. The van der Waals surface area contributed by atoms with E-state index in [0.717, 1.165) is 19.7 Å². The second-order valence-corrected chi connectivity index (χ2v) is 5.45. The fourth-order valence-corrected chi connectivity index (χ4v) is 2.38. The number of piperidine rings is 1. The van der Waals surface area contributed by atoms with Gasteiger partial charge in [-0.05, 0) is 47.2 Å². The van der Waals surface area contributed by atoms with E-state index in [-0.39, 0.29) is 5.60 Å². The molecule has 1 fully saturated rings. The van der Waals surface area contributed by atoms with Gasteiger partial charge in [0, 0.05) is 25.7 Å². The number of hydrogen-bond acceptors (Lipinski definition) is 3. The van der Waals surface area contributed by atoms with Gasteiger partial charge in [0.25, 0.3) is 0 Å². The number of likely N-dealkylation sites (N-methyl/N-ethyl adjacent to an activating group) is 1. The molecule has 0 saturated carbocycles. The van der Waals surface area contributed by atoms with Gasteiger partial charge in [0.05, 0.1) is 5.60 Å². The van der Waals surface area contributed by atoms with E-state index in [1.807, 2.05) is 0 Å². The lowest BCUT2D eigenvalue weighted by Gasteiger charge is -2.34. The van der Waals surface area contributed by atoms with Crippen molar-refractivity contribution in [1.82, 2.24) is 10.2 Å². The topological polar surface area (TPSA) is 24.5 Å². The highest BCUT2D eigenvalue weighted by atomic mass is 16.5. The van der Waals surface area contributed by atoms with E-state index < -0.39 is 0 Å². The van der Waals surface area contributed by atoms with Gasteiger partial charge in [0.15, 0.2) is 0 Å². The molecule has 0 bridgehead atoms. The van der Waals surface area contributed by atoms with Gasteiger partial charge < -0.3 is 15.0 Å². The summed E-state index contributed by atoms with van der Waals surface area (Å²) in [5, 5.41) is 3.54. The van der Waals surface area contributed by atoms with E-state index >= 15 is 0 Å². The average molecular weight is 228 g/mol. The normalized spacial score (nSPS) is 23.6. The Kier molecular flexibility index (Phi) is 5.73. The molecule has 1 atom stereocenters. The summed E-state index contributed by atoms with van der Waals surface area (Å²) in [7, 11) is 2.24. The number of nitrogens with zero attached hydrogens (tertiary/aromatic N) is 1. The van der Waals surface area contributed by atoms with Gasteiger partial charge in [-0.25, -0.2) is 0 Å². The first-order valence-electron chi connectivity index (χ1n) is 6.60. The second kappa shape index (κ2) is 6.58.